The molecule has 0 bridgehead atoms. The summed E-state index contributed by atoms with van der Waals surface area (Å²) >= 11 is 1.91. The largest absolute Gasteiger partial charge is 0.479 e. The number of allylic oxidation sites excluding steroid dienone is 1. The maximum absolute atomic E-state index is 14.6. The van der Waals surface area contributed by atoms with Crippen molar-refractivity contribution < 1.29 is 33.8 Å². The molecule has 0 radical (unpaired) electrons. The van der Waals surface area contributed by atoms with Crippen LogP contribution in [-0.2, 0) is 23.9 Å². The van der Waals surface area contributed by atoms with E-state index in [1.807, 2.05) is 29.0 Å². The topological polar surface area (TPSA) is 174 Å². The van der Waals surface area contributed by atoms with Gasteiger partial charge in [-0.15, -0.1) is 11.8 Å². The van der Waals surface area contributed by atoms with Crippen LogP contribution in [0.3, 0.4) is 0 Å². The molecule has 51 heavy (non-hydrogen) atoms. The van der Waals surface area contributed by atoms with Crippen molar-refractivity contribution in [2.75, 3.05) is 26.0 Å². The summed E-state index contributed by atoms with van der Waals surface area (Å²) < 4.78 is 11.4. The van der Waals surface area contributed by atoms with Crippen LogP contribution in [-0.4, -0.2) is 118 Å². The minimum atomic E-state index is -1.38. The Morgan fingerprint density at radius 3 is 2.47 bits per heavy atom. The van der Waals surface area contributed by atoms with Gasteiger partial charge in [0.05, 0.1) is 23.6 Å². The average Bonchev–Trinajstić information content (AvgIpc) is 3.77. The third kappa shape index (κ3) is 8.23. The van der Waals surface area contributed by atoms with Gasteiger partial charge in [-0.05, 0) is 89.4 Å². The number of carboxylic acids is 1. The molecule has 0 aromatic carbocycles. The van der Waals surface area contributed by atoms with E-state index in [-0.39, 0.29) is 48.0 Å². The van der Waals surface area contributed by atoms with Crippen LogP contribution in [0.5, 0.6) is 0 Å². The molecular weight excluding hydrogens is 675 g/mol. The first-order valence-corrected chi connectivity index (χ1v) is 20.5. The molecule has 3 aliphatic carbocycles. The maximum Gasteiger partial charge on any atom is 0.408 e. The molecule has 3 saturated heterocycles. The van der Waals surface area contributed by atoms with Gasteiger partial charge in [-0.25, -0.2) is 20.4 Å². The second-order valence-corrected chi connectivity index (χ2v) is 17.0. The summed E-state index contributed by atoms with van der Waals surface area (Å²) in [5.74, 6) is -0.672. The molecule has 7 rings (SSSR count). The number of nitrogens with one attached hydrogen (secondary N) is 5. The first kappa shape index (κ1) is 36.9. The number of ether oxygens (including phenoxy) is 2. The Bertz CT molecular complexity index is 1300. The van der Waals surface area contributed by atoms with E-state index in [1.54, 1.807) is 12.0 Å². The lowest BCUT2D eigenvalue weighted by atomic mass is 9.80. The first-order valence-electron chi connectivity index (χ1n) is 19.4. The van der Waals surface area contributed by atoms with Crippen molar-refractivity contribution in [1.82, 2.24) is 36.8 Å². The number of carbonyl (C=O) groups is 4. The van der Waals surface area contributed by atoms with Gasteiger partial charge in [0.15, 0.2) is 0 Å². The summed E-state index contributed by atoms with van der Waals surface area (Å²) in [5.41, 5.74) is 6.17. The molecule has 15 heteroatoms. The van der Waals surface area contributed by atoms with Crippen LogP contribution < -0.4 is 26.8 Å². The van der Waals surface area contributed by atoms with E-state index < -0.39 is 35.6 Å². The summed E-state index contributed by atoms with van der Waals surface area (Å²) in [6.45, 7) is 1.20. The zero-order chi connectivity index (χ0) is 35.5. The van der Waals surface area contributed by atoms with Gasteiger partial charge in [0.1, 0.15) is 23.7 Å². The highest BCUT2D eigenvalue weighted by molar-refractivity contribution is 8.00. The quantitative estimate of drug-likeness (QED) is 0.212. The number of aliphatic carboxylic acids is 1. The van der Waals surface area contributed by atoms with E-state index in [1.165, 1.54) is 0 Å². The number of carboxylic acid groups (broad SMARTS) is 1. The molecule has 284 valence electrons. The van der Waals surface area contributed by atoms with Crippen molar-refractivity contribution in [1.29, 1.82) is 0 Å². The van der Waals surface area contributed by atoms with Crippen LogP contribution in [0.25, 0.3) is 0 Å². The Kier molecular flexibility index (Phi) is 11.8. The number of hydrazine groups is 2. The molecule has 3 unspecified atom stereocenters. The Morgan fingerprint density at radius 1 is 0.980 bits per heavy atom. The van der Waals surface area contributed by atoms with Crippen molar-refractivity contribution in [2.45, 2.75) is 150 Å². The van der Waals surface area contributed by atoms with E-state index in [2.05, 4.69) is 26.8 Å². The lowest BCUT2D eigenvalue weighted by Gasteiger charge is -2.35. The average molecular weight is 732 g/mol. The van der Waals surface area contributed by atoms with Crippen LogP contribution in [0.4, 0.5) is 4.79 Å². The van der Waals surface area contributed by atoms with Crippen molar-refractivity contribution in [3.63, 3.8) is 0 Å². The molecule has 3 amide bonds. The molecule has 0 aromatic rings. The van der Waals surface area contributed by atoms with Crippen molar-refractivity contribution in [2.24, 2.45) is 11.8 Å². The number of rotatable bonds is 7. The van der Waals surface area contributed by atoms with E-state index >= 15 is 0 Å². The molecular formula is C36H57N7O7S. The predicted molar refractivity (Wildman–Crippen MR) is 191 cm³/mol. The number of alkyl carbamates (subject to hydrolysis) is 1. The number of amides is 3. The molecule has 6 fully saturated rings. The van der Waals surface area contributed by atoms with Gasteiger partial charge in [0.2, 0.25) is 11.8 Å². The zero-order valence-corrected chi connectivity index (χ0v) is 30.7. The molecule has 4 aliphatic heterocycles. The van der Waals surface area contributed by atoms with E-state index in [9.17, 15) is 24.3 Å². The van der Waals surface area contributed by atoms with E-state index in [0.29, 0.717) is 31.3 Å². The highest BCUT2D eigenvalue weighted by atomic mass is 32.2. The van der Waals surface area contributed by atoms with E-state index in [4.69, 9.17) is 9.47 Å². The molecule has 14 nitrogen and oxygen atoms in total. The van der Waals surface area contributed by atoms with Gasteiger partial charge in [-0.1, -0.05) is 25.0 Å². The minimum Gasteiger partial charge on any atom is -0.479 e. The minimum absolute atomic E-state index is 0.109. The van der Waals surface area contributed by atoms with Gasteiger partial charge in [-0.3, -0.25) is 9.59 Å². The summed E-state index contributed by atoms with van der Waals surface area (Å²) in [7, 11) is 1.79. The summed E-state index contributed by atoms with van der Waals surface area (Å²) in [4.78, 5) is 56.0. The van der Waals surface area contributed by atoms with Gasteiger partial charge >= 0.3 is 12.1 Å². The highest BCUT2D eigenvalue weighted by Crippen LogP contribution is 2.45. The third-order valence-electron chi connectivity index (χ3n) is 12.5. The fraction of sp³-hybridized carbons (Fsp3) is 0.833. The first-order chi connectivity index (χ1) is 24.8. The Balaban J connectivity index is 1.12. The number of hydrogen-bond acceptors (Lipinski definition) is 11. The SMILES string of the molecule is COC1CCC(C2NN([C@@H]3C[C@H]4C(=O)N[C@]5(C(=O)O)C[C@H]5/C=C\CCCCC[C@H](NC(=O)OC5CCCC5)C(=O)N4C3)NC2C2NCCS2)CC1. The second kappa shape index (κ2) is 16.3. The fourth-order valence-corrected chi connectivity index (χ4v) is 10.5. The van der Waals surface area contributed by atoms with Gasteiger partial charge in [-0.2, -0.15) is 5.12 Å². The zero-order valence-electron chi connectivity index (χ0n) is 29.9. The lowest BCUT2D eigenvalue weighted by molar-refractivity contribution is -0.145. The van der Waals surface area contributed by atoms with Gasteiger partial charge in [0, 0.05) is 37.9 Å². The molecule has 8 atom stereocenters. The molecule has 6 N–H and O–H groups in total. The number of fused-ring (bicyclic) bond motifs is 2. The summed E-state index contributed by atoms with van der Waals surface area (Å²) in [6.07, 6.45) is 15.6. The third-order valence-corrected chi connectivity index (χ3v) is 13.7. The van der Waals surface area contributed by atoms with Gasteiger partial charge in [0.25, 0.3) is 0 Å². The number of hydrogen-bond donors (Lipinski definition) is 6. The van der Waals surface area contributed by atoms with Crippen molar-refractivity contribution in [3.05, 3.63) is 12.2 Å². The number of methoxy groups -OCH3 is 1. The predicted octanol–water partition coefficient (Wildman–Crippen LogP) is 2.40. The highest BCUT2D eigenvalue weighted by Gasteiger charge is 2.61. The van der Waals surface area contributed by atoms with Crippen molar-refractivity contribution >= 4 is 35.6 Å². The summed E-state index contributed by atoms with van der Waals surface area (Å²) in [6, 6.07) is -1.76. The Morgan fingerprint density at radius 2 is 1.75 bits per heavy atom. The molecule has 4 heterocycles. The smallest absolute Gasteiger partial charge is 0.408 e. The standard InChI is InChI=1S/C36H57N7O7S/c1-49-25-15-13-22(14-16-25)29-30(32-37-17-18-51-32)41-43(40-29)24-19-28-31(44)39-36(34(46)47)20-23(36)9-5-3-2-4-6-12-27(33(45)42(28)21-24)38-35(48)50-26-10-7-8-11-26/h5,9,22-30,32,37,40-41H,2-4,6-8,10-21H2,1H3,(H,38,48)(H,39,44)(H,46,47)/b9-5-/t22?,23-,24-,25?,27+,28+,29?,30?,32?,36-/m1/s1. The fourth-order valence-electron chi connectivity index (χ4n) is 9.34. The van der Waals surface area contributed by atoms with Crippen LogP contribution >= 0.6 is 11.8 Å². The molecule has 0 spiro atoms. The molecule has 0 aromatic heterocycles. The van der Waals surface area contributed by atoms with Crippen LogP contribution in [0, 0.1) is 11.8 Å². The van der Waals surface area contributed by atoms with Crippen LogP contribution in [0.2, 0.25) is 0 Å². The normalized spacial score (nSPS) is 40.5. The number of nitrogens with zero attached hydrogens (tertiary/aromatic N) is 2. The van der Waals surface area contributed by atoms with Crippen LogP contribution in [0.15, 0.2) is 12.2 Å². The lowest BCUT2D eigenvalue weighted by Crippen LogP contribution is -2.56. The monoisotopic (exact) mass is 731 g/mol. The summed E-state index contributed by atoms with van der Waals surface area (Å²) in [5, 5.41) is 21.9. The number of thioether (sulfide) groups is 1. The number of carbonyl (C=O) groups excluding carboxylic acids is 3. The second-order valence-electron chi connectivity index (χ2n) is 15.7. The molecule has 7 aliphatic rings. The maximum atomic E-state index is 14.6. The van der Waals surface area contributed by atoms with Gasteiger partial charge < -0.3 is 35.4 Å². The van der Waals surface area contributed by atoms with Crippen LogP contribution in [0.1, 0.15) is 96.3 Å². The Hall–Kier alpha value is -2.43. The Labute approximate surface area is 305 Å². The van der Waals surface area contributed by atoms with Crippen molar-refractivity contribution in [3.8, 4) is 0 Å². The van der Waals surface area contributed by atoms with E-state index in [0.717, 1.165) is 89.3 Å². The molecule has 3 saturated carbocycles.